The molecule has 154 valence electrons. The third-order valence-electron chi connectivity index (χ3n) is 4.20. The molecule has 10 heteroatoms. The molecule has 2 rings (SSSR count). The van der Waals surface area contributed by atoms with Crippen LogP contribution in [0.3, 0.4) is 0 Å². The number of carboxylic acids is 1. The van der Waals surface area contributed by atoms with E-state index in [1.807, 2.05) is 0 Å². The van der Waals surface area contributed by atoms with E-state index in [2.05, 4.69) is 0 Å². The van der Waals surface area contributed by atoms with Gasteiger partial charge in [0.25, 0.3) is 0 Å². The van der Waals surface area contributed by atoms with Crippen molar-refractivity contribution in [1.82, 2.24) is 0 Å². The van der Waals surface area contributed by atoms with Crippen LogP contribution >= 0.6 is 8.03 Å². The van der Waals surface area contributed by atoms with Gasteiger partial charge < -0.3 is 14.9 Å². The van der Waals surface area contributed by atoms with Gasteiger partial charge in [-0.15, -0.1) is 5.12 Å². The van der Waals surface area contributed by atoms with Crippen LogP contribution in [-0.2, 0) is 27.1 Å². The van der Waals surface area contributed by atoms with Crippen molar-refractivity contribution in [1.29, 1.82) is 0 Å². The van der Waals surface area contributed by atoms with Gasteiger partial charge in [-0.3, -0.25) is 0 Å². The van der Waals surface area contributed by atoms with Crippen LogP contribution in [0.25, 0.3) is 0 Å². The molecular formula is C19H20FNO7P+. The van der Waals surface area contributed by atoms with Gasteiger partial charge in [0.1, 0.15) is 6.61 Å². The summed E-state index contributed by atoms with van der Waals surface area (Å²) in [6.45, 7) is -0.114. The fourth-order valence-corrected chi connectivity index (χ4v) is 3.11. The fourth-order valence-electron chi connectivity index (χ4n) is 2.60. The largest absolute Gasteiger partial charge is 0.553 e. The Balaban J connectivity index is 2.02. The number of carbonyl (C=O) groups is 2. The average Bonchev–Trinajstić information content (AvgIpc) is 2.72. The number of anilines is 1. The fraction of sp³-hybridized carbons (Fsp3) is 0.263. The first-order valence-electron chi connectivity index (χ1n) is 8.62. The van der Waals surface area contributed by atoms with Crippen LogP contribution in [0.2, 0.25) is 0 Å². The molecule has 0 aliphatic rings. The van der Waals surface area contributed by atoms with Gasteiger partial charge >= 0.3 is 25.4 Å². The van der Waals surface area contributed by atoms with Crippen molar-refractivity contribution in [3.8, 4) is 0 Å². The summed E-state index contributed by atoms with van der Waals surface area (Å²) < 4.78 is 30.6. The Hall–Kier alpha value is -2.87. The van der Waals surface area contributed by atoms with Crippen LogP contribution < -0.4 is 5.12 Å². The number of hydrogen-bond acceptors (Lipinski definition) is 5. The second-order valence-electron chi connectivity index (χ2n) is 6.20. The predicted octanol–water partition coefficient (Wildman–Crippen LogP) is 3.54. The predicted molar refractivity (Wildman–Crippen MR) is 102 cm³/mol. The minimum absolute atomic E-state index is 0.0334. The lowest BCUT2D eigenvalue weighted by Gasteiger charge is -2.16. The quantitative estimate of drug-likeness (QED) is 0.415. The molecule has 0 fully saturated rings. The van der Waals surface area contributed by atoms with Crippen molar-refractivity contribution in [2.45, 2.75) is 31.2 Å². The number of hydrogen-bond donors (Lipinski definition) is 3. The molecule has 0 aliphatic heterocycles. The Morgan fingerprint density at radius 2 is 1.72 bits per heavy atom. The molecule has 0 radical (unpaired) electrons. The van der Waals surface area contributed by atoms with E-state index >= 15 is 0 Å². The van der Waals surface area contributed by atoms with Crippen LogP contribution in [0.1, 0.15) is 24.0 Å². The number of nitrogens with zero attached hydrogens (tertiary/aromatic N) is 1. The van der Waals surface area contributed by atoms with E-state index in [4.69, 9.17) is 14.7 Å². The summed E-state index contributed by atoms with van der Waals surface area (Å²) in [5.74, 6) is -1.81. The number of carboxylic acid groups (broad SMARTS) is 1. The Morgan fingerprint density at radius 3 is 2.34 bits per heavy atom. The van der Waals surface area contributed by atoms with Crippen LogP contribution in [0.15, 0.2) is 54.6 Å². The van der Waals surface area contributed by atoms with Gasteiger partial charge in [-0.1, -0.05) is 53.0 Å². The van der Waals surface area contributed by atoms with Crippen LogP contribution in [0.5, 0.6) is 0 Å². The van der Waals surface area contributed by atoms with Crippen molar-refractivity contribution in [2.75, 3.05) is 5.12 Å². The number of carbonyl (C=O) groups excluding carboxylic acids is 1. The van der Waals surface area contributed by atoms with Gasteiger partial charge in [-0.25, -0.2) is 9.59 Å². The normalized spacial score (nSPS) is 13.3. The van der Waals surface area contributed by atoms with Gasteiger partial charge in [-0.2, -0.15) is 4.89 Å². The van der Waals surface area contributed by atoms with Crippen molar-refractivity contribution in [3.63, 3.8) is 0 Å². The topological polar surface area (TPSA) is 124 Å². The third kappa shape index (κ3) is 5.80. The molecule has 0 bridgehead atoms. The van der Waals surface area contributed by atoms with E-state index < -0.39 is 31.9 Å². The standard InChI is InChI=1S/C19H19FNO7P/c20-21(18(24)28-13-14-7-2-1-3-8-14)16-11-5-4-9-15(16)10-6-12-19(25,17(22)23)29(26)27/h1-5,7-9,11,25H,6,10,12-13H2,(H-,22,23,26,27)/p+1. The molecule has 0 spiro atoms. The van der Waals surface area contributed by atoms with E-state index in [1.54, 1.807) is 36.4 Å². The number of benzene rings is 2. The summed E-state index contributed by atoms with van der Waals surface area (Å²) in [4.78, 5) is 32.1. The monoisotopic (exact) mass is 424 g/mol. The lowest BCUT2D eigenvalue weighted by atomic mass is 10.0. The molecule has 2 aromatic carbocycles. The highest BCUT2D eigenvalue weighted by atomic mass is 31.1. The lowest BCUT2D eigenvalue weighted by Crippen LogP contribution is -2.34. The van der Waals surface area contributed by atoms with Crippen LogP contribution in [0, 0.1) is 0 Å². The Morgan fingerprint density at radius 1 is 1.10 bits per heavy atom. The highest BCUT2D eigenvalue weighted by molar-refractivity contribution is 7.41. The van der Waals surface area contributed by atoms with E-state index in [-0.39, 0.29) is 30.3 Å². The minimum atomic E-state index is -3.38. The number of aliphatic carboxylic acids is 1. The van der Waals surface area contributed by atoms with E-state index in [1.165, 1.54) is 18.2 Å². The number of aryl methyl sites for hydroxylation is 1. The lowest BCUT2D eigenvalue weighted by molar-refractivity contribution is -0.151. The van der Waals surface area contributed by atoms with Crippen LogP contribution in [-0.4, -0.2) is 32.5 Å². The molecule has 8 nitrogen and oxygen atoms in total. The molecule has 29 heavy (non-hydrogen) atoms. The van der Waals surface area contributed by atoms with Gasteiger partial charge in [0.2, 0.25) is 0 Å². The molecule has 2 atom stereocenters. The molecule has 1 amide bonds. The number of para-hydroxylation sites is 1. The maximum absolute atomic E-state index is 14.5. The van der Waals surface area contributed by atoms with Gasteiger partial charge in [0.05, 0.1) is 5.69 Å². The summed E-state index contributed by atoms with van der Waals surface area (Å²) in [5.41, 5.74) is 0.930. The molecule has 0 aliphatic carbocycles. The number of ether oxygens (including phenoxy) is 1. The van der Waals surface area contributed by atoms with Crippen molar-refractivity contribution in [2.24, 2.45) is 0 Å². The van der Waals surface area contributed by atoms with Crippen molar-refractivity contribution in [3.05, 3.63) is 65.7 Å². The first kappa shape index (κ1) is 22.4. The number of halogens is 1. The van der Waals surface area contributed by atoms with Gasteiger partial charge in [0, 0.05) is 6.42 Å². The van der Waals surface area contributed by atoms with E-state index in [9.17, 15) is 23.7 Å². The first-order chi connectivity index (χ1) is 13.8. The van der Waals surface area contributed by atoms with E-state index in [0.29, 0.717) is 11.1 Å². The van der Waals surface area contributed by atoms with Gasteiger partial charge in [-0.05, 0) is 34.6 Å². The Kier molecular flexibility index (Phi) is 7.78. The smallest absolute Gasteiger partial charge is 0.476 e. The SMILES string of the molecule is O=C(OCc1ccccc1)N(F)c1ccccc1CCCC(O)(C(=O)O)[P+](=O)O. The highest BCUT2D eigenvalue weighted by Gasteiger charge is 2.55. The minimum Gasteiger partial charge on any atom is -0.476 e. The summed E-state index contributed by atoms with van der Waals surface area (Å²) in [6, 6.07) is 14.7. The zero-order valence-corrected chi connectivity index (χ0v) is 16.2. The van der Waals surface area contributed by atoms with Crippen molar-refractivity contribution >= 4 is 25.8 Å². The third-order valence-corrected chi connectivity index (χ3v) is 5.25. The average molecular weight is 424 g/mol. The second kappa shape index (κ2) is 10.1. The number of amides is 1. The summed E-state index contributed by atoms with van der Waals surface area (Å²) in [7, 11) is -3.38. The molecule has 0 saturated heterocycles. The summed E-state index contributed by atoms with van der Waals surface area (Å²) >= 11 is 0. The molecule has 0 aromatic heterocycles. The Labute approximate surface area is 167 Å². The molecular weight excluding hydrogens is 404 g/mol. The molecule has 2 aromatic rings. The molecule has 0 saturated carbocycles. The molecule has 2 unspecified atom stereocenters. The van der Waals surface area contributed by atoms with Crippen LogP contribution in [0.4, 0.5) is 15.0 Å². The first-order valence-corrected chi connectivity index (χ1v) is 9.83. The zero-order chi connectivity index (χ0) is 21.4. The Bertz CT molecular complexity index is 864. The molecule has 0 heterocycles. The van der Waals surface area contributed by atoms with E-state index in [0.717, 1.165) is 0 Å². The zero-order valence-electron chi connectivity index (χ0n) is 15.3. The summed E-state index contributed by atoms with van der Waals surface area (Å²) in [6.07, 6.45) is -1.72. The molecule has 3 N–H and O–H groups in total. The van der Waals surface area contributed by atoms with Crippen molar-refractivity contribution < 1.29 is 38.5 Å². The highest BCUT2D eigenvalue weighted by Crippen LogP contribution is 2.37. The number of rotatable bonds is 9. The number of aliphatic hydroxyl groups is 1. The van der Waals surface area contributed by atoms with Gasteiger partial charge in [0.15, 0.2) is 0 Å². The maximum atomic E-state index is 14.5. The summed E-state index contributed by atoms with van der Waals surface area (Å²) in [5, 5.41) is 15.8. The maximum Gasteiger partial charge on any atom is 0.553 e. The second-order valence-corrected chi connectivity index (χ2v) is 7.48.